The van der Waals surface area contributed by atoms with E-state index in [0.29, 0.717) is 41.2 Å². The lowest BCUT2D eigenvalue weighted by molar-refractivity contribution is 0.227. The van der Waals surface area contributed by atoms with Crippen LogP contribution >= 0.6 is 11.3 Å². The van der Waals surface area contributed by atoms with Crippen LogP contribution in [-0.4, -0.2) is 16.5 Å². The molecule has 4 rings (SSSR count). The van der Waals surface area contributed by atoms with Gasteiger partial charge in [0.2, 0.25) is 0 Å². The molecule has 0 aliphatic carbocycles. The maximum absolute atomic E-state index is 14.1. The van der Waals surface area contributed by atoms with Gasteiger partial charge >= 0.3 is 0 Å². The number of nitrogens with one attached hydrogen (secondary N) is 2. The highest BCUT2D eigenvalue weighted by Crippen LogP contribution is 2.39. The van der Waals surface area contributed by atoms with Crippen LogP contribution in [0.5, 0.6) is 5.75 Å². The van der Waals surface area contributed by atoms with Crippen molar-refractivity contribution in [3.05, 3.63) is 64.3 Å². The second kappa shape index (κ2) is 8.19. The molecule has 3 heterocycles. The van der Waals surface area contributed by atoms with E-state index in [2.05, 4.69) is 20.4 Å². The average molecular weight is 425 g/mol. The molecule has 9 heteroatoms. The highest BCUT2D eigenvalue weighted by atomic mass is 32.1. The fourth-order valence-electron chi connectivity index (χ4n) is 3.52. The quantitative estimate of drug-likeness (QED) is 0.517. The van der Waals surface area contributed by atoms with Crippen LogP contribution in [-0.2, 0) is 6.42 Å². The number of allylic oxidation sites excluding steroid dienone is 1. The highest BCUT2D eigenvalue weighted by molar-refractivity contribution is 7.13. The molecule has 7 nitrogen and oxygen atoms in total. The number of hydrogen-bond acceptors (Lipinski definition) is 8. The highest BCUT2D eigenvalue weighted by Gasteiger charge is 2.23. The van der Waals surface area contributed by atoms with Crippen molar-refractivity contribution >= 4 is 22.9 Å². The molecule has 0 fully saturated rings. The molecule has 0 saturated carbocycles. The van der Waals surface area contributed by atoms with E-state index in [-0.39, 0.29) is 11.6 Å². The Morgan fingerprint density at radius 3 is 2.97 bits per heavy atom. The van der Waals surface area contributed by atoms with Gasteiger partial charge in [-0.15, -0.1) is 11.3 Å². The molecule has 1 aromatic carbocycles. The van der Waals surface area contributed by atoms with Crippen LogP contribution in [0.2, 0.25) is 0 Å². The third-order valence-corrected chi connectivity index (χ3v) is 5.83. The van der Waals surface area contributed by atoms with Gasteiger partial charge in [-0.1, -0.05) is 6.07 Å². The normalized spacial score (nSPS) is 18.3. The number of nitrogens with zero attached hydrogens (tertiary/aromatic N) is 3. The lowest BCUT2D eigenvalue weighted by atomic mass is 9.98. The molecule has 2 bridgehead atoms. The zero-order chi connectivity index (χ0) is 21.3. The van der Waals surface area contributed by atoms with E-state index >= 15 is 0 Å². The van der Waals surface area contributed by atoms with Crippen molar-refractivity contribution in [2.45, 2.75) is 26.4 Å². The maximum Gasteiger partial charge on any atom is 0.166 e. The molecule has 0 spiro atoms. The van der Waals surface area contributed by atoms with Crippen molar-refractivity contribution in [1.82, 2.24) is 15.3 Å². The number of pyridine rings is 1. The first-order valence-electron chi connectivity index (χ1n) is 9.51. The van der Waals surface area contributed by atoms with E-state index in [0.717, 1.165) is 16.1 Å². The summed E-state index contributed by atoms with van der Waals surface area (Å²) in [5.74, 6) is 0.276. The molecular weight excluding hydrogens is 403 g/mol. The van der Waals surface area contributed by atoms with Crippen LogP contribution in [0.4, 0.5) is 10.2 Å². The summed E-state index contributed by atoms with van der Waals surface area (Å²) in [5, 5.41) is 7.07. The average Bonchev–Trinajstić information content (AvgIpc) is 3.19. The number of nitrogen functional groups attached to an aromatic ring is 1. The predicted molar refractivity (Wildman–Crippen MR) is 115 cm³/mol. The minimum Gasteiger partial charge on any atom is -0.482 e. The Kier molecular flexibility index (Phi) is 5.45. The van der Waals surface area contributed by atoms with Gasteiger partial charge in [0, 0.05) is 35.9 Å². The van der Waals surface area contributed by atoms with Crippen LogP contribution in [0, 0.1) is 11.3 Å². The molecule has 2 aromatic heterocycles. The second-order valence-electron chi connectivity index (χ2n) is 6.87. The Bertz CT molecular complexity index is 1140. The molecule has 0 amide bonds. The van der Waals surface area contributed by atoms with Crippen molar-refractivity contribution < 1.29 is 9.13 Å². The molecule has 0 unspecified atom stereocenters. The van der Waals surface area contributed by atoms with Crippen molar-refractivity contribution in [2.24, 2.45) is 5.11 Å². The zero-order valence-electron chi connectivity index (χ0n) is 16.6. The molecule has 3 aromatic rings. The van der Waals surface area contributed by atoms with E-state index in [9.17, 15) is 4.39 Å². The van der Waals surface area contributed by atoms with E-state index in [1.165, 1.54) is 23.5 Å². The van der Waals surface area contributed by atoms with Gasteiger partial charge in [0.1, 0.15) is 11.9 Å². The largest absolute Gasteiger partial charge is 0.482 e. The molecule has 0 radical (unpaired) electrons. The number of thiazole rings is 1. The lowest BCUT2D eigenvalue weighted by Gasteiger charge is -2.21. The Hall–Kier alpha value is -3.33. The van der Waals surface area contributed by atoms with E-state index in [1.807, 2.05) is 13.8 Å². The summed E-state index contributed by atoms with van der Waals surface area (Å²) in [6.45, 7) is 4.45. The van der Waals surface area contributed by atoms with Crippen molar-refractivity contribution in [2.75, 3.05) is 12.3 Å². The zero-order valence-corrected chi connectivity index (χ0v) is 17.4. The molecule has 30 heavy (non-hydrogen) atoms. The molecule has 154 valence electrons. The lowest BCUT2D eigenvalue weighted by Crippen LogP contribution is -2.16. The minimum absolute atomic E-state index is 0.235. The Labute approximate surface area is 177 Å². The molecule has 0 saturated heterocycles. The monoisotopic (exact) mass is 424 g/mol. The number of aromatic nitrogens is 2. The summed E-state index contributed by atoms with van der Waals surface area (Å²) in [6.07, 6.45) is 1.49. The topological polar surface area (TPSA) is 109 Å². The maximum atomic E-state index is 14.1. The fourth-order valence-corrected chi connectivity index (χ4v) is 4.38. The van der Waals surface area contributed by atoms with Gasteiger partial charge in [-0.25, -0.2) is 19.9 Å². The summed E-state index contributed by atoms with van der Waals surface area (Å²) in [7, 11) is 0. The summed E-state index contributed by atoms with van der Waals surface area (Å²) >= 11 is 1.46. The second-order valence-corrected chi connectivity index (χ2v) is 7.72. The minimum atomic E-state index is -0.476. The molecule has 1 aliphatic rings. The summed E-state index contributed by atoms with van der Waals surface area (Å²) in [5.41, 5.74) is 19.8. The van der Waals surface area contributed by atoms with Gasteiger partial charge in [0.15, 0.2) is 11.6 Å². The van der Waals surface area contributed by atoms with Gasteiger partial charge in [-0.2, -0.15) is 5.11 Å². The number of ether oxygens (including phenoxy) is 1. The van der Waals surface area contributed by atoms with E-state index < -0.39 is 6.10 Å². The Balaban J connectivity index is 2.00. The number of halogens is 1. The van der Waals surface area contributed by atoms with Crippen LogP contribution < -0.4 is 15.8 Å². The van der Waals surface area contributed by atoms with Gasteiger partial charge in [-0.05, 0) is 32.0 Å². The van der Waals surface area contributed by atoms with Gasteiger partial charge in [0.05, 0.1) is 27.5 Å². The van der Waals surface area contributed by atoms with Gasteiger partial charge in [-0.3, -0.25) is 0 Å². The number of anilines is 1. The number of hydrogen-bond donors (Lipinski definition) is 3. The number of fused-ring (bicyclic) bond motifs is 5. The molecular formula is C21H21FN6OS. The third-order valence-electron chi connectivity index (χ3n) is 4.92. The SMILES string of the molecule is CCN/C1=C(\N=N)Cc2ncsc2-c2ccc(F)cc2[C@@H](C)Oc2cc1cnc2N. The van der Waals surface area contributed by atoms with E-state index in [4.69, 9.17) is 16.0 Å². The van der Waals surface area contributed by atoms with Crippen molar-refractivity contribution in [1.29, 1.82) is 5.53 Å². The first-order chi connectivity index (χ1) is 14.5. The first-order valence-corrected chi connectivity index (χ1v) is 10.4. The predicted octanol–water partition coefficient (Wildman–Crippen LogP) is 4.93. The summed E-state index contributed by atoms with van der Waals surface area (Å²) in [4.78, 5) is 9.67. The molecule has 4 N–H and O–H groups in total. The van der Waals surface area contributed by atoms with Crippen LogP contribution in [0.1, 0.15) is 36.8 Å². The summed E-state index contributed by atoms with van der Waals surface area (Å²) in [6, 6.07) is 6.40. The molecule has 1 aliphatic heterocycles. The van der Waals surface area contributed by atoms with Gasteiger partial charge < -0.3 is 15.8 Å². The smallest absolute Gasteiger partial charge is 0.166 e. The molecule has 1 atom stereocenters. The fraction of sp³-hybridized carbons (Fsp3) is 0.238. The number of benzene rings is 1. The van der Waals surface area contributed by atoms with Crippen LogP contribution in [0.3, 0.4) is 0 Å². The van der Waals surface area contributed by atoms with Crippen molar-refractivity contribution in [3.8, 4) is 16.2 Å². The summed E-state index contributed by atoms with van der Waals surface area (Å²) < 4.78 is 20.2. The Morgan fingerprint density at radius 1 is 1.37 bits per heavy atom. The van der Waals surface area contributed by atoms with Gasteiger partial charge in [0.25, 0.3) is 0 Å². The van der Waals surface area contributed by atoms with Crippen LogP contribution in [0.15, 0.2) is 46.8 Å². The van der Waals surface area contributed by atoms with E-state index in [1.54, 1.807) is 23.8 Å². The van der Waals surface area contributed by atoms with Crippen LogP contribution in [0.25, 0.3) is 16.1 Å². The number of rotatable bonds is 3. The van der Waals surface area contributed by atoms with Crippen molar-refractivity contribution in [3.63, 3.8) is 0 Å². The third kappa shape index (κ3) is 3.63. The first kappa shape index (κ1) is 20.0. The Morgan fingerprint density at radius 2 is 2.20 bits per heavy atom. The number of nitrogens with two attached hydrogens (primary N) is 1. The standard InChI is InChI=1S/C21H21FN6OS/c1-3-25-19-12-6-18(21(23)26-9-12)29-11(2)15-7-13(22)4-5-14(15)20-17(27-10-30-20)8-16(19)28-24/h4-7,9-11,24-25H,3,8H2,1-2H3,(H2,23,26)/b19-16-,28-24?/t11-/m1/s1.